The Labute approximate surface area is 775 Å². The molecule has 9 fully saturated rings. The van der Waals surface area contributed by atoms with Gasteiger partial charge in [-0.05, 0) is 59.0 Å². The van der Waals surface area contributed by atoms with Gasteiger partial charge in [0.05, 0.1) is 71.3 Å². The van der Waals surface area contributed by atoms with E-state index in [-0.39, 0.29) is 117 Å². The Morgan fingerprint density at radius 1 is 0.370 bits per heavy atom. The molecule has 135 heavy (non-hydrogen) atoms. The quantitative estimate of drug-likeness (QED) is 0.0644. The number of anilines is 3. The largest absolute Gasteiger partial charge is 0.386 e. The van der Waals surface area contributed by atoms with Crippen molar-refractivity contribution in [3.8, 4) is 0 Å². The van der Waals surface area contributed by atoms with Crippen LogP contribution in [0.15, 0.2) is 61.0 Å². The second-order valence-corrected chi connectivity index (χ2v) is 47.4. The lowest BCUT2D eigenvalue weighted by Gasteiger charge is -2.27. The predicted molar refractivity (Wildman–Crippen MR) is 460 cm³/mol. The number of H-pyrrole nitrogens is 3. The number of hydrogen-bond donors (Lipinski definition) is 12. The first kappa shape index (κ1) is 96.4. The molecule has 6 unspecified atom stereocenters. The van der Waals surface area contributed by atoms with Gasteiger partial charge in [-0.25, -0.2) is 70.8 Å². The van der Waals surface area contributed by atoms with E-state index in [1.165, 1.54) is 34.1 Å². The van der Waals surface area contributed by atoms with Crippen molar-refractivity contribution >= 4 is 216 Å². The number of aromatic amines is 3. The molecule has 0 aromatic carbocycles. The lowest BCUT2D eigenvalue weighted by Crippen LogP contribution is -2.34. The molecular weight excluding hydrogens is 2070 g/mol. The smallest absolute Gasteiger partial charge is 0.369 e. The van der Waals surface area contributed by atoms with Crippen LogP contribution in [0.4, 0.5) is 61.6 Å². The number of imidazole rings is 5. The highest BCUT2D eigenvalue weighted by atomic mass is 32.7. The number of carbonyl (C=O) groups excluding carboxylic acids is 3. The molecule has 21 heterocycles. The van der Waals surface area contributed by atoms with Crippen molar-refractivity contribution in [2.45, 2.75) is 167 Å². The number of alkyl halides is 6. The van der Waals surface area contributed by atoms with Crippen molar-refractivity contribution in [2.75, 3.05) is 56.8 Å². The van der Waals surface area contributed by atoms with Gasteiger partial charge in [0, 0.05) is 37.9 Å². The van der Waals surface area contributed by atoms with Crippen LogP contribution in [-0.4, -0.2) is 303 Å². The molecule has 9 aromatic heterocycles. The number of ether oxygens (including phenoxy) is 6. The number of Topliss-reactive ketones (excluding diaryl/α,β-unsaturated/α-hetero) is 3. The molecule has 21 rings (SSSR count). The average molecular weight is 2130 g/mol. The fourth-order valence-electron chi connectivity index (χ4n) is 15.9. The van der Waals surface area contributed by atoms with Crippen LogP contribution in [0.5, 0.6) is 0 Å². The number of rotatable bonds is 6. The number of nitrogens with one attached hydrogen (secondary N) is 3. The first-order valence-corrected chi connectivity index (χ1v) is 54.7. The number of thiol groups is 1. The molecule has 55 nitrogen and oxygen atoms in total. The molecule has 12 aliphatic rings. The third-order valence-electron chi connectivity index (χ3n) is 22.0. The van der Waals surface area contributed by atoms with Crippen LogP contribution in [0.1, 0.15) is 88.1 Å². The number of carbonyl (C=O) groups is 3. The molecule has 6 bridgehead atoms. The molecule has 0 radical (unpaired) electrons. The molecule has 30 atom stereocenters. The van der Waals surface area contributed by atoms with E-state index in [1.54, 1.807) is 0 Å². The number of aromatic nitrogens is 19. The normalized spacial score (nSPS) is 38.8. The van der Waals surface area contributed by atoms with E-state index in [0.29, 0.717) is 0 Å². The lowest BCUT2D eigenvalue weighted by molar-refractivity contribution is -0.0621. The second-order valence-electron chi connectivity index (χ2n) is 30.6. The van der Waals surface area contributed by atoms with Crippen molar-refractivity contribution in [3.05, 3.63) is 79.8 Å². The number of nitrogens with two attached hydrogens (primary N) is 3. The Kier molecular flexibility index (Phi) is 26.3. The summed E-state index contributed by atoms with van der Waals surface area (Å²) in [5.74, 6) is -1.84. The van der Waals surface area contributed by atoms with E-state index in [4.69, 9.17) is 159 Å². The maximum absolute atomic E-state index is 16.0. The summed E-state index contributed by atoms with van der Waals surface area (Å²) in [6.07, 6.45) is -30.7. The number of aliphatic imine (C=N–C) groups is 3. The number of halogens is 6. The minimum atomic E-state index is -4.50. The minimum Gasteiger partial charge on any atom is -0.369 e. The third kappa shape index (κ3) is 18.9. The Balaban J connectivity index is 0.000000130. The molecule has 9 saturated heterocycles. The molecule has 14 N–H and O–H groups in total. The molecule has 0 amide bonds. The highest BCUT2D eigenvalue weighted by Gasteiger charge is 2.60. The van der Waals surface area contributed by atoms with Crippen LogP contribution in [0.25, 0.3) is 33.5 Å². The summed E-state index contributed by atoms with van der Waals surface area (Å²) in [6.45, 7) is -30.5. The number of ketones is 3. The maximum Gasteiger partial charge on any atom is 0.386 e. The van der Waals surface area contributed by atoms with Gasteiger partial charge < -0.3 is 92.7 Å². The summed E-state index contributed by atoms with van der Waals surface area (Å²) in [6, 6.07) is 0. The zero-order valence-electron chi connectivity index (χ0n) is 67.0. The summed E-state index contributed by atoms with van der Waals surface area (Å²) in [7, 11) is 0. The van der Waals surface area contributed by atoms with Crippen LogP contribution < -0.4 is 33.9 Å². The van der Waals surface area contributed by atoms with E-state index in [9.17, 15) is 57.8 Å². The fourth-order valence-corrected chi connectivity index (χ4v) is 24.5. The minimum absolute atomic E-state index is 0.00967. The van der Waals surface area contributed by atoms with Crippen LogP contribution in [0.3, 0.4) is 0 Å². The van der Waals surface area contributed by atoms with Crippen molar-refractivity contribution in [1.29, 1.82) is 0 Å². The highest BCUT2D eigenvalue weighted by molar-refractivity contribution is 8.44. The van der Waals surface area contributed by atoms with Gasteiger partial charge in [0.15, 0.2) is 160 Å². The van der Waals surface area contributed by atoms with E-state index in [0.717, 1.165) is 43.7 Å². The Morgan fingerprint density at radius 2 is 0.659 bits per heavy atom. The Bertz CT molecular complexity index is 6260. The first-order chi connectivity index (χ1) is 63.9. The van der Waals surface area contributed by atoms with Gasteiger partial charge in [-0.3, -0.25) is 98.2 Å². The SMILES string of the molecule is Nc1nc2c(ncn2[C@@H]2O[C@@H]3COP(O)(=S)O[C@H]4[C@H](F)[C@H](n5cnc6c5N=CCC6=O)O[C@@H]4COP(=O)(S)O[C@@H]2[C@H]3F)c(=O)[nH]1.Nc1nc2c(ncn2[C@@H]2O[C@@H]3COP(O)(=S)O[C@H]4[C@H](F)[C@H](n5cnc6c5N=CCC6=O)O[C@@H]4COP(O)(=S)O[C@@H]2[C@H]3F)c(=O)[nH]1.Nc1nc2c(ncn2[C@@H]2O[C@@H]3COP(O)(=S)O[C@H]4[C@H](F)[C@H](n5nnc6c5N=CCC6=O)O[C@@H]4COP(O)(=S)O[C@@H]2[C@H]3F)c(=O)[nH]1. The third-order valence-corrected chi connectivity index (χ3v) is 31.4. The molecule has 0 saturated carbocycles. The van der Waals surface area contributed by atoms with E-state index in [2.05, 4.69) is 92.4 Å². The van der Waals surface area contributed by atoms with Gasteiger partial charge in [-0.1, -0.05) is 17.5 Å². The van der Waals surface area contributed by atoms with Crippen molar-refractivity contribution in [2.24, 2.45) is 15.0 Å². The van der Waals surface area contributed by atoms with E-state index in [1.807, 2.05) is 0 Å². The molecular formula is C62H65F6N25O30P6S6. The first-order valence-electron chi connectivity index (χ1n) is 39.1. The van der Waals surface area contributed by atoms with Gasteiger partial charge >= 0.3 is 40.4 Å². The van der Waals surface area contributed by atoms with Crippen molar-refractivity contribution < 1.29 is 152 Å². The standard InChI is InChI=1S/2C21H22F2N8O10P2S2.C20H21F2N9O10P2S2/c2*22-10-8-3-36-42(34,44)40-14-9(39-19(11(14)23)30-5-26-12-7(32)1-2-25-16(12)30)4-37-43(35,45)41-15(10)20(38-8)31-6-27-13-17(31)28-21(24)29-18(13)33;21-9-7-3-36-42(34,44)40-13-8(39-18(10(13)22)31-15-11(28-29-31)6(32)1-2-24-15)4-37-43(35,45)41-14(9)19(38-7)30-5-25-12-16(30)26-20(23)27-17(12)33/h2*2,5-6,8-11,14-15,19-20H,1,3-4H2,(H,34,44)(H,35,45)(H3,24,28,29,33);2,5,7-10,13-14,18-19H,1,3-4H2,(H,34,44)(H,35,45)(H3,23,26,27,33)/t2*8-,9-,10+,11+,14-,15-,19-,20-,42?,43?;7-,8-,9+,10+,13-,14-,18-,19-,42?,43?/m111/s1. The van der Waals surface area contributed by atoms with Gasteiger partial charge in [0.1, 0.15) is 73.2 Å². The number of nitrogen functional groups attached to an aromatic ring is 3. The van der Waals surface area contributed by atoms with Crippen LogP contribution in [0.2, 0.25) is 0 Å². The van der Waals surface area contributed by atoms with Crippen molar-refractivity contribution in [1.82, 2.24) is 92.7 Å². The predicted octanol–water partition coefficient (Wildman–Crippen LogP) is 2.04. The molecule has 0 spiro atoms. The zero-order chi connectivity index (χ0) is 95.5. The van der Waals surface area contributed by atoms with E-state index >= 15 is 26.3 Å². The average Bonchev–Trinajstić information content (AvgIpc) is 1.62. The molecule has 73 heteroatoms. The zero-order valence-corrected chi connectivity index (χ0v) is 77.3. The summed E-state index contributed by atoms with van der Waals surface area (Å²) in [5, 5.41) is 7.56. The topological polar surface area (TPSA) is 708 Å². The molecule has 726 valence electrons. The van der Waals surface area contributed by atoms with Crippen LogP contribution in [-0.2, 0) is 146 Å². The molecule has 12 aliphatic heterocycles. The Morgan fingerprint density at radius 3 is 1.02 bits per heavy atom. The van der Waals surface area contributed by atoms with Gasteiger partial charge in [-0.2, -0.15) is 19.6 Å². The monoisotopic (exact) mass is 2130 g/mol. The summed E-state index contributed by atoms with van der Waals surface area (Å²) >= 11 is 29.6. The van der Waals surface area contributed by atoms with Crippen LogP contribution in [0, 0.1) is 0 Å². The van der Waals surface area contributed by atoms with E-state index < -0.39 is 250 Å². The van der Waals surface area contributed by atoms with Crippen LogP contribution >= 0.6 is 52.6 Å². The van der Waals surface area contributed by atoms with Gasteiger partial charge in [-0.15, -0.1) is 5.10 Å². The van der Waals surface area contributed by atoms with Crippen molar-refractivity contribution in [3.63, 3.8) is 0 Å². The lowest BCUT2D eigenvalue weighted by atomic mass is 10.1. The summed E-state index contributed by atoms with van der Waals surface area (Å²) < 4.78 is 216. The number of fused-ring (bicyclic) bond motifs is 15. The maximum atomic E-state index is 16.0. The molecule has 9 aromatic rings. The van der Waals surface area contributed by atoms with Gasteiger partial charge in [0.25, 0.3) is 16.7 Å². The summed E-state index contributed by atoms with van der Waals surface area (Å²) in [5.41, 5.74) is 14.1. The second kappa shape index (κ2) is 36.9. The number of hydrogen-bond acceptors (Lipinski definition) is 46. The highest BCUT2D eigenvalue weighted by Crippen LogP contribution is 2.62. The number of nitrogens with zero attached hydrogens (tertiary/aromatic N) is 19. The fraction of sp³-hybridized carbons (Fsp3) is 0.532. The van der Waals surface area contributed by atoms with Gasteiger partial charge in [0.2, 0.25) is 17.8 Å². The Hall–Kier alpha value is -7.48. The summed E-state index contributed by atoms with van der Waals surface area (Å²) in [4.78, 5) is 179. The molecule has 0 aliphatic carbocycles.